The third kappa shape index (κ3) is 4.85. The van der Waals surface area contributed by atoms with E-state index in [2.05, 4.69) is 26.1 Å². The van der Waals surface area contributed by atoms with Crippen LogP contribution in [-0.4, -0.2) is 6.04 Å². The molecule has 0 fully saturated rings. The summed E-state index contributed by atoms with van der Waals surface area (Å²) in [4.78, 5) is 0. The molecule has 0 aliphatic heterocycles. The lowest BCUT2D eigenvalue weighted by atomic mass is 10.0. The van der Waals surface area contributed by atoms with Gasteiger partial charge in [-0.1, -0.05) is 13.8 Å². The van der Waals surface area contributed by atoms with Gasteiger partial charge >= 0.3 is 0 Å². The van der Waals surface area contributed by atoms with Gasteiger partial charge in [0.2, 0.25) is 0 Å². The second-order valence-corrected chi connectivity index (χ2v) is 5.17. The number of halogens is 1. The first-order chi connectivity index (χ1) is 8.52. The van der Waals surface area contributed by atoms with E-state index in [9.17, 15) is 4.39 Å². The first-order valence-corrected chi connectivity index (χ1v) is 6.44. The number of nitrogens with one attached hydrogen (secondary N) is 1. The minimum atomic E-state index is -0.252. The molecule has 1 N–H and O–H groups in total. The van der Waals surface area contributed by atoms with Crippen molar-refractivity contribution in [2.24, 2.45) is 5.92 Å². The zero-order valence-corrected chi connectivity index (χ0v) is 11.3. The number of hydrogen-bond donors (Lipinski definition) is 1. The van der Waals surface area contributed by atoms with Gasteiger partial charge in [-0.3, -0.25) is 0 Å². The van der Waals surface area contributed by atoms with Crippen molar-refractivity contribution in [2.75, 3.05) is 0 Å². The largest absolute Gasteiger partial charge is 0.310 e. The lowest BCUT2D eigenvalue weighted by Gasteiger charge is -2.15. The Bertz CT molecular complexity index is 421. The van der Waals surface area contributed by atoms with Crippen molar-refractivity contribution in [2.45, 2.75) is 46.2 Å². The smallest absolute Gasteiger partial charge is 0.127 e. The summed E-state index contributed by atoms with van der Waals surface area (Å²) in [6, 6.07) is 6.85. The minimum absolute atomic E-state index is 0.252. The monoisotopic (exact) mass is 248 g/mol. The zero-order valence-electron chi connectivity index (χ0n) is 11.3. The molecule has 0 heterocycles. The molecule has 1 rings (SSSR count). The Balaban J connectivity index is 2.50. The molecule has 18 heavy (non-hydrogen) atoms. The summed E-state index contributed by atoms with van der Waals surface area (Å²) in [6.07, 6.45) is 2.24. The van der Waals surface area contributed by atoms with Gasteiger partial charge in [0, 0.05) is 18.2 Å². The molecule has 98 valence electrons. The van der Waals surface area contributed by atoms with Crippen LogP contribution in [0.1, 0.15) is 44.7 Å². The second kappa shape index (κ2) is 7.13. The van der Waals surface area contributed by atoms with Crippen molar-refractivity contribution in [1.29, 1.82) is 5.26 Å². The number of benzene rings is 1. The van der Waals surface area contributed by atoms with E-state index in [-0.39, 0.29) is 5.82 Å². The van der Waals surface area contributed by atoms with Gasteiger partial charge in [-0.2, -0.15) is 5.26 Å². The number of nitrogens with zero attached hydrogens (tertiary/aromatic N) is 1. The molecule has 0 aromatic heterocycles. The van der Waals surface area contributed by atoms with E-state index in [1.165, 1.54) is 12.1 Å². The molecular formula is C15H21FN2. The van der Waals surface area contributed by atoms with Crippen molar-refractivity contribution in [3.05, 3.63) is 35.1 Å². The van der Waals surface area contributed by atoms with Crippen LogP contribution < -0.4 is 5.32 Å². The van der Waals surface area contributed by atoms with Gasteiger partial charge in [0.1, 0.15) is 5.82 Å². The van der Waals surface area contributed by atoms with Crippen molar-refractivity contribution in [1.82, 2.24) is 5.32 Å². The standard InChI is InChI=1S/C15H21FN2/c1-11(2)4-5-12(3)18-10-14-8-13(9-17)6-7-15(14)16/h6-8,11-12,18H,4-5,10H2,1-3H3. The van der Waals surface area contributed by atoms with Gasteiger partial charge in [-0.25, -0.2) is 4.39 Å². The quantitative estimate of drug-likeness (QED) is 0.834. The Hall–Kier alpha value is -1.40. The summed E-state index contributed by atoms with van der Waals surface area (Å²) in [7, 11) is 0. The molecule has 1 aromatic rings. The lowest BCUT2D eigenvalue weighted by molar-refractivity contribution is 0.446. The first-order valence-electron chi connectivity index (χ1n) is 6.44. The van der Waals surface area contributed by atoms with Crippen LogP contribution in [0.4, 0.5) is 4.39 Å². The first kappa shape index (κ1) is 14.7. The Morgan fingerprint density at radius 1 is 1.28 bits per heavy atom. The summed E-state index contributed by atoms with van der Waals surface area (Å²) in [5, 5.41) is 12.1. The summed E-state index contributed by atoms with van der Waals surface area (Å²) in [5.41, 5.74) is 1.06. The summed E-state index contributed by atoms with van der Waals surface area (Å²) in [6.45, 7) is 6.97. The van der Waals surface area contributed by atoms with Crippen molar-refractivity contribution >= 4 is 0 Å². The van der Waals surface area contributed by atoms with Crippen molar-refractivity contribution in [3.63, 3.8) is 0 Å². The van der Waals surface area contributed by atoms with Gasteiger partial charge < -0.3 is 5.32 Å². The van der Waals surface area contributed by atoms with Gasteiger partial charge in [0.25, 0.3) is 0 Å². The van der Waals surface area contributed by atoms with E-state index in [4.69, 9.17) is 5.26 Å². The van der Waals surface area contributed by atoms with Crippen LogP contribution >= 0.6 is 0 Å². The molecule has 0 spiro atoms. The van der Waals surface area contributed by atoms with E-state index in [0.717, 1.165) is 12.8 Å². The lowest BCUT2D eigenvalue weighted by Crippen LogP contribution is -2.26. The maximum Gasteiger partial charge on any atom is 0.127 e. The summed E-state index contributed by atoms with van der Waals surface area (Å²) < 4.78 is 13.5. The highest BCUT2D eigenvalue weighted by atomic mass is 19.1. The highest BCUT2D eigenvalue weighted by Crippen LogP contribution is 2.11. The van der Waals surface area contributed by atoms with Crippen LogP contribution in [0.25, 0.3) is 0 Å². The van der Waals surface area contributed by atoms with Crippen LogP contribution in [0.15, 0.2) is 18.2 Å². The normalized spacial score (nSPS) is 12.4. The zero-order chi connectivity index (χ0) is 13.5. The van der Waals surface area contributed by atoms with E-state index >= 15 is 0 Å². The molecule has 0 saturated heterocycles. The molecule has 0 saturated carbocycles. The molecule has 1 unspecified atom stereocenters. The minimum Gasteiger partial charge on any atom is -0.310 e. The fourth-order valence-corrected chi connectivity index (χ4v) is 1.75. The number of hydrogen-bond acceptors (Lipinski definition) is 2. The Morgan fingerprint density at radius 3 is 2.61 bits per heavy atom. The molecule has 3 heteroatoms. The predicted molar refractivity (Wildman–Crippen MR) is 71.5 cm³/mol. The second-order valence-electron chi connectivity index (χ2n) is 5.17. The average Bonchev–Trinajstić information content (AvgIpc) is 2.35. The Kier molecular flexibility index (Phi) is 5.80. The molecular weight excluding hydrogens is 227 g/mol. The fourth-order valence-electron chi connectivity index (χ4n) is 1.75. The molecule has 0 aliphatic carbocycles. The SMILES string of the molecule is CC(C)CCC(C)NCc1cc(C#N)ccc1F. The van der Waals surface area contributed by atoms with E-state index < -0.39 is 0 Å². The van der Waals surface area contributed by atoms with Crippen molar-refractivity contribution < 1.29 is 4.39 Å². The predicted octanol–water partition coefficient (Wildman–Crippen LogP) is 3.61. The highest BCUT2D eigenvalue weighted by Gasteiger charge is 2.07. The van der Waals surface area contributed by atoms with Crippen LogP contribution in [0.5, 0.6) is 0 Å². The van der Waals surface area contributed by atoms with Gasteiger partial charge in [0.05, 0.1) is 11.6 Å². The summed E-state index contributed by atoms with van der Waals surface area (Å²) >= 11 is 0. The Morgan fingerprint density at radius 2 is 2.00 bits per heavy atom. The number of nitriles is 1. The molecule has 2 nitrogen and oxygen atoms in total. The molecule has 0 aliphatic rings. The van der Waals surface area contributed by atoms with E-state index in [0.29, 0.717) is 29.6 Å². The third-order valence-electron chi connectivity index (χ3n) is 2.99. The fraction of sp³-hybridized carbons (Fsp3) is 0.533. The molecule has 1 aromatic carbocycles. The van der Waals surface area contributed by atoms with Gasteiger partial charge in [0.15, 0.2) is 0 Å². The molecule has 0 bridgehead atoms. The van der Waals surface area contributed by atoms with Crippen molar-refractivity contribution in [3.8, 4) is 6.07 Å². The molecule has 0 radical (unpaired) electrons. The van der Waals surface area contributed by atoms with E-state index in [1.807, 2.05) is 6.07 Å². The maximum absolute atomic E-state index is 13.5. The molecule has 1 atom stereocenters. The summed E-state index contributed by atoms with van der Waals surface area (Å²) in [5.74, 6) is 0.436. The van der Waals surface area contributed by atoms with Crippen LogP contribution in [0, 0.1) is 23.1 Å². The van der Waals surface area contributed by atoms with Crippen LogP contribution in [-0.2, 0) is 6.54 Å². The average molecular weight is 248 g/mol. The highest BCUT2D eigenvalue weighted by molar-refractivity contribution is 5.33. The van der Waals surface area contributed by atoms with E-state index in [1.54, 1.807) is 6.07 Å². The van der Waals surface area contributed by atoms with Gasteiger partial charge in [-0.05, 0) is 43.9 Å². The molecule has 0 amide bonds. The van der Waals surface area contributed by atoms with Gasteiger partial charge in [-0.15, -0.1) is 0 Å². The Labute approximate surface area is 109 Å². The number of rotatable bonds is 6. The third-order valence-corrected chi connectivity index (χ3v) is 2.99. The van der Waals surface area contributed by atoms with Crippen LogP contribution in [0.3, 0.4) is 0 Å². The van der Waals surface area contributed by atoms with Crippen LogP contribution in [0.2, 0.25) is 0 Å². The maximum atomic E-state index is 13.5. The topological polar surface area (TPSA) is 35.8 Å².